The number of amides is 2. The minimum Gasteiger partial charge on any atom is -0.361 e. The van der Waals surface area contributed by atoms with Gasteiger partial charge in [-0.1, -0.05) is 49.3 Å². The fourth-order valence-corrected chi connectivity index (χ4v) is 2.96. The predicted octanol–water partition coefficient (Wildman–Crippen LogP) is 2.56. The molecule has 1 aromatic carbocycles. The average molecular weight is 341 g/mol. The second-order valence-corrected chi connectivity index (χ2v) is 6.75. The summed E-state index contributed by atoms with van der Waals surface area (Å²) in [5, 5.41) is 4.02. The van der Waals surface area contributed by atoms with E-state index in [0.717, 1.165) is 11.3 Å². The van der Waals surface area contributed by atoms with Crippen molar-refractivity contribution < 1.29 is 14.1 Å². The Morgan fingerprint density at radius 1 is 1.20 bits per heavy atom. The zero-order valence-corrected chi connectivity index (χ0v) is 14.8. The maximum Gasteiger partial charge on any atom is 0.245 e. The van der Waals surface area contributed by atoms with Crippen molar-refractivity contribution >= 4 is 11.8 Å². The van der Waals surface area contributed by atoms with E-state index in [1.807, 2.05) is 50.2 Å². The first-order valence-corrected chi connectivity index (χ1v) is 8.53. The van der Waals surface area contributed by atoms with Gasteiger partial charge in [0.1, 0.15) is 24.0 Å². The van der Waals surface area contributed by atoms with Gasteiger partial charge >= 0.3 is 0 Å². The van der Waals surface area contributed by atoms with E-state index in [0.29, 0.717) is 18.8 Å². The highest BCUT2D eigenvalue weighted by Gasteiger charge is 2.36. The molecule has 1 aromatic heterocycles. The van der Waals surface area contributed by atoms with Gasteiger partial charge in [0.25, 0.3) is 0 Å². The molecule has 0 spiro atoms. The lowest BCUT2D eigenvalue weighted by Gasteiger charge is -2.38. The number of rotatable bonds is 5. The highest BCUT2D eigenvalue weighted by Crippen LogP contribution is 2.20. The van der Waals surface area contributed by atoms with Gasteiger partial charge in [0, 0.05) is 18.5 Å². The van der Waals surface area contributed by atoms with Gasteiger partial charge in [-0.2, -0.15) is 0 Å². The van der Waals surface area contributed by atoms with Crippen LogP contribution in [0.5, 0.6) is 0 Å². The molecule has 25 heavy (non-hydrogen) atoms. The number of benzene rings is 1. The maximum atomic E-state index is 12.7. The fourth-order valence-electron chi connectivity index (χ4n) is 2.96. The molecule has 0 aliphatic carbocycles. The molecular formula is C19H23N3O3. The van der Waals surface area contributed by atoms with Crippen LogP contribution in [0.2, 0.25) is 0 Å². The summed E-state index contributed by atoms with van der Waals surface area (Å²) in [5.41, 5.74) is 1.69. The van der Waals surface area contributed by atoms with Crippen molar-refractivity contribution in [1.29, 1.82) is 0 Å². The van der Waals surface area contributed by atoms with Crippen molar-refractivity contribution in [2.45, 2.75) is 45.8 Å². The summed E-state index contributed by atoms with van der Waals surface area (Å²) in [4.78, 5) is 28.4. The topological polar surface area (TPSA) is 66.7 Å². The zero-order chi connectivity index (χ0) is 18.0. The third-order valence-electron chi connectivity index (χ3n) is 4.48. The summed E-state index contributed by atoms with van der Waals surface area (Å²) in [7, 11) is 0. The van der Waals surface area contributed by atoms with Gasteiger partial charge in [0.05, 0.1) is 6.54 Å². The Morgan fingerprint density at radius 2 is 1.92 bits per heavy atom. The van der Waals surface area contributed by atoms with Gasteiger partial charge in [0.15, 0.2) is 0 Å². The van der Waals surface area contributed by atoms with E-state index in [2.05, 4.69) is 5.16 Å². The molecule has 3 rings (SSSR count). The Bertz CT molecular complexity index is 754. The van der Waals surface area contributed by atoms with Gasteiger partial charge in [0.2, 0.25) is 11.8 Å². The maximum absolute atomic E-state index is 12.7. The Morgan fingerprint density at radius 3 is 2.56 bits per heavy atom. The molecule has 0 N–H and O–H groups in total. The van der Waals surface area contributed by atoms with Gasteiger partial charge in [-0.25, -0.2) is 0 Å². The lowest BCUT2D eigenvalue weighted by atomic mass is 10.1. The molecule has 6 heteroatoms. The van der Waals surface area contributed by atoms with Crippen molar-refractivity contribution in [3.63, 3.8) is 0 Å². The zero-order valence-electron chi connectivity index (χ0n) is 14.8. The molecule has 0 saturated carbocycles. The molecule has 132 valence electrons. The van der Waals surface area contributed by atoms with Gasteiger partial charge in [-0.3, -0.25) is 9.59 Å². The van der Waals surface area contributed by atoms with Crippen molar-refractivity contribution in [3.8, 4) is 0 Å². The number of hydrogen-bond donors (Lipinski definition) is 0. The first kappa shape index (κ1) is 17.2. The minimum absolute atomic E-state index is 0.0453. The predicted molar refractivity (Wildman–Crippen MR) is 92.5 cm³/mol. The largest absolute Gasteiger partial charge is 0.361 e. The third-order valence-corrected chi connectivity index (χ3v) is 4.48. The summed E-state index contributed by atoms with van der Waals surface area (Å²) in [6.07, 6.45) is 0. The standard InChI is InChI=1S/C19H23N3O3/c1-13(2)17-9-16(20-25-17)11-22-14(3)19(24)21(12-18(22)23)10-15-7-5-4-6-8-15/h4-9,13-14H,10-12H2,1-3H3/t14-/m1/s1. The molecule has 0 bridgehead atoms. The summed E-state index contributed by atoms with van der Waals surface area (Å²) in [6.45, 7) is 6.63. The van der Waals surface area contributed by atoms with Crippen LogP contribution in [-0.2, 0) is 22.7 Å². The quantitative estimate of drug-likeness (QED) is 0.838. The van der Waals surface area contributed by atoms with E-state index in [4.69, 9.17) is 4.52 Å². The van der Waals surface area contributed by atoms with Crippen LogP contribution in [0.15, 0.2) is 40.9 Å². The molecule has 1 saturated heterocycles. The summed E-state index contributed by atoms with van der Waals surface area (Å²) in [5.74, 6) is 0.899. The SMILES string of the molecule is CC(C)c1cc(CN2C(=O)CN(Cc3ccccc3)C(=O)[C@H]2C)no1. The molecule has 2 amide bonds. The second kappa shape index (κ2) is 7.09. The highest BCUT2D eigenvalue weighted by atomic mass is 16.5. The Hall–Kier alpha value is -2.63. The normalized spacial score (nSPS) is 18.3. The van der Waals surface area contributed by atoms with Crippen LogP contribution < -0.4 is 0 Å². The molecule has 6 nitrogen and oxygen atoms in total. The number of hydrogen-bond acceptors (Lipinski definition) is 4. The van der Waals surface area contributed by atoms with E-state index < -0.39 is 6.04 Å². The Balaban J connectivity index is 1.69. The lowest BCUT2D eigenvalue weighted by molar-refractivity contribution is -0.156. The molecule has 1 fully saturated rings. The van der Waals surface area contributed by atoms with Gasteiger partial charge < -0.3 is 14.3 Å². The molecule has 0 radical (unpaired) electrons. The molecular weight excluding hydrogens is 318 g/mol. The minimum atomic E-state index is -0.510. The number of nitrogens with zero attached hydrogens (tertiary/aromatic N) is 3. The third kappa shape index (κ3) is 3.73. The van der Waals surface area contributed by atoms with Gasteiger partial charge in [-0.15, -0.1) is 0 Å². The molecule has 1 aliphatic rings. The van der Waals surface area contributed by atoms with Crippen LogP contribution in [-0.4, -0.2) is 39.4 Å². The van der Waals surface area contributed by atoms with Crippen LogP contribution >= 0.6 is 0 Å². The molecule has 1 aliphatic heterocycles. The summed E-state index contributed by atoms with van der Waals surface area (Å²) < 4.78 is 5.28. The van der Waals surface area contributed by atoms with E-state index in [9.17, 15) is 9.59 Å². The summed E-state index contributed by atoms with van der Waals surface area (Å²) in [6, 6.07) is 11.0. The first-order chi connectivity index (χ1) is 12.0. The number of piperazine rings is 1. The van der Waals surface area contributed by atoms with Crippen molar-refractivity contribution in [2.75, 3.05) is 6.54 Å². The second-order valence-electron chi connectivity index (χ2n) is 6.75. The van der Waals surface area contributed by atoms with Crippen molar-refractivity contribution in [3.05, 3.63) is 53.4 Å². The molecule has 0 unspecified atom stereocenters. The van der Waals surface area contributed by atoms with E-state index in [1.165, 1.54) is 0 Å². The first-order valence-electron chi connectivity index (χ1n) is 8.53. The van der Waals surface area contributed by atoms with E-state index in [-0.39, 0.29) is 24.3 Å². The number of carbonyl (C=O) groups excluding carboxylic acids is 2. The Labute approximate surface area is 147 Å². The summed E-state index contributed by atoms with van der Waals surface area (Å²) >= 11 is 0. The Kier molecular flexibility index (Phi) is 4.88. The molecule has 1 atom stereocenters. The van der Waals surface area contributed by atoms with Gasteiger partial charge in [-0.05, 0) is 12.5 Å². The number of aromatic nitrogens is 1. The lowest BCUT2D eigenvalue weighted by Crippen LogP contribution is -2.58. The average Bonchev–Trinajstić information content (AvgIpc) is 3.06. The van der Waals surface area contributed by atoms with Crippen molar-refractivity contribution in [2.24, 2.45) is 0 Å². The smallest absolute Gasteiger partial charge is 0.245 e. The van der Waals surface area contributed by atoms with Crippen LogP contribution in [0.4, 0.5) is 0 Å². The highest BCUT2D eigenvalue weighted by molar-refractivity contribution is 5.94. The monoisotopic (exact) mass is 341 g/mol. The van der Waals surface area contributed by atoms with Crippen LogP contribution in [0.1, 0.15) is 43.7 Å². The molecule has 2 heterocycles. The van der Waals surface area contributed by atoms with E-state index >= 15 is 0 Å². The van der Waals surface area contributed by atoms with Crippen molar-refractivity contribution in [1.82, 2.24) is 15.0 Å². The number of carbonyl (C=O) groups is 2. The van der Waals surface area contributed by atoms with Crippen LogP contribution in [0.25, 0.3) is 0 Å². The van der Waals surface area contributed by atoms with Crippen LogP contribution in [0.3, 0.4) is 0 Å². The van der Waals surface area contributed by atoms with E-state index in [1.54, 1.807) is 16.7 Å². The molecule has 2 aromatic rings. The fraction of sp³-hybridized carbons (Fsp3) is 0.421. The van der Waals surface area contributed by atoms with Crippen LogP contribution in [0, 0.1) is 0 Å².